The molecule has 0 spiro atoms. The molecular weight excluding hydrogens is 436 g/mol. The summed E-state index contributed by atoms with van der Waals surface area (Å²) < 4.78 is 5.94. The fourth-order valence-electron chi connectivity index (χ4n) is 5.62. The highest BCUT2D eigenvalue weighted by Gasteiger charge is 2.40. The molecule has 1 heterocycles. The van der Waals surface area contributed by atoms with E-state index in [-0.39, 0.29) is 36.4 Å². The van der Waals surface area contributed by atoms with Gasteiger partial charge in [-0.15, -0.1) is 0 Å². The molecule has 178 valence electrons. The van der Waals surface area contributed by atoms with Crippen LogP contribution in [0.3, 0.4) is 0 Å². The van der Waals surface area contributed by atoms with Crippen LogP contribution in [0.4, 0.5) is 5.69 Å². The van der Waals surface area contributed by atoms with Crippen LogP contribution < -0.4 is 10.1 Å². The molecule has 6 nitrogen and oxygen atoms in total. The van der Waals surface area contributed by atoms with Gasteiger partial charge >= 0.3 is 0 Å². The maximum Gasteiger partial charge on any atom is 0.223 e. The number of fused-ring (bicyclic) bond motifs is 2. The Labute approximate surface area is 202 Å². The van der Waals surface area contributed by atoms with Crippen molar-refractivity contribution in [1.29, 1.82) is 10.7 Å². The van der Waals surface area contributed by atoms with Gasteiger partial charge in [0.1, 0.15) is 5.75 Å². The second kappa shape index (κ2) is 10.3. The molecule has 7 heteroatoms. The Kier molecular flexibility index (Phi) is 7.48. The average Bonchev–Trinajstić information content (AvgIpc) is 3.62. The zero-order valence-electron chi connectivity index (χ0n) is 19.7. The summed E-state index contributed by atoms with van der Waals surface area (Å²) in [6.45, 7) is 1.93. The summed E-state index contributed by atoms with van der Waals surface area (Å²) >= 11 is 6.71. The van der Waals surface area contributed by atoms with Crippen LogP contribution in [0.1, 0.15) is 76.7 Å². The molecule has 1 aliphatic heterocycles. The molecule has 3 aliphatic rings. The molecular formula is C26H35ClN4O2. The van der Waals surface area contributed by atoms with Crippen molar-refractivity contribution in [2.45, 2.75) is 89.3 Å². The molecule has 2 bridgehead atoms. The fraction of sp³-hybridized carbons (Fsp3) is 0.654. The summed E-state index contributed by atoms with van der Waals surface area (Å²) in [5.74, 6) is 1.11. The van der Waals surface area contributed by atoms with Gasteiger partial charge < -0.3 is 20.4 Å². The van der Waals surface area contributed by atoms with E-state index in [4.69, 9.17) is 27.0 Å². The minimum absolute atomic E-state index is 0.105. The summed E-state index contributed by atoms with van der Waals surface area (Å²) in [5.41, 5.74) is 1.74. The summed E-state index contributed by atoms with van der Waals surface area (Å²) in [5, 5.41) is 21.6. The number of halogens is 1. The molecule has 2 N–H and O–H groups in total. The average molecular weight is 471 g/mol. The number of anilines is 1. The number of nitrogens with zero attached hydrogens (tertiary/aromatic N) is 2. The van der Waals surface area contributed by atoms with Crippen LogP contribution in [-0.4, -0.2) is 41.8 Å². The third-order valence-electron chi connectivity index (χ3n) is 7.46. The smallest absolute Gasteiger partial charge is 0.223 e. The van der Waals surface area contributed by atoms with Crippen LogP contribution in [0, 0.1) is 28.6 Å². The monoisotopic (exact) mass is 470 g/mol. The lowest BCUT2D eigenvalue weighted by atomic mass is 9.75. The quantitative estimate of drug-likeness (QED) is 0.447. The molecule has 4 rings (SSSR count). The molecule has 1 amide bonds. The van der Waals surface area contributed by atoms with Gasteiger partial charge in [0.05, 0.1) is 17.2 Å². The highest BCUT2D eigenvalue weighted by molar-refractivity contribution is 6.36. The zero-order chi connectivity index (χ0) is 23.5. The first-order valence-electron chi connectivity index (χ1n) is 12.4. The van der Waals surface area contributed by atoms with Gasteiger partial charge in [0.15, 0.2) is 0 Å². The first-order valence-corrected chi connectivity index (χ1v) is 12.7. The molecule has 1 saturated heterocycles. The highest BCUT2D eigenvalue weighted by Crippen LogP contribution is 2.41. The first kappa shape index (κ1) is 23.9. The summed E-state index contributed by atoms with van der Waals surface area (Å²) in [4.78, 5) is 15.6. The van der Waals surface area contributed by atoms with E-state index < -0.39 is 0 Å². The minimum atomic E-state index is -0.281. The Hall–Kier alpha value is -2.26. The van der Waals surface area contributed by atoms with E-state index in [1.54, 1.807) is 0 Å². The van der Waals surface area contributed by atoms with E-state index in [0.29, 0.717) is 34.4 Å². The van der Waals surface area contributed by atoms with E-state index in [1.807, 2.05) is 26.1 Å². The number of carbonyl (C=O) groups is 1. The van der Waals surface area contributed by atoms with E-state index in [1.165, 1.54) is 12.8 Å². The van der Waals surface area contributed by atoms with Gasteiger partial charge in [0.25, 0.3) is 0 Å². The predicted molar refractivity (Wildman–Crippen MR) is 131 cm³/mol. The number of carbonyl (C=O) groups excluding carboxylic acids is 1. The maximum atomic E-state index is 13.6. The molecule has 2 aliphatic carbocycles. The number of hydrogen-bond acceptors (Lipinski definition) is 5. The molecule has 3 fully saturated rings. The number of benzene rings is 1. The van der Waals surface area contributed by atoms with E-state index >= 15 is 0 Å². The standard InChI is InChI=1S/C26H35ClN4O2/c1-16(26(29)24-21(30-2)10-11-22(25(24)27)33-20-8-9-20)13-23(32)31-18-6-3-5-17(14-18)15-19(31)7-4-12-28/h10-11,16-20,29-30H,3-9,13-15H2,1-2H3. The van der Waals surface area contributed by atoms with Crippen LogP contribution in [0.15, 0.2) is 12.1 Å². The summed E-state index contributed by atoms with van der Waals surface area (Å²) in [6, 6.07) is 6.43. The second-order valence-electron chi connectivity index (χ2n) is 9.96. The Morgan fingerprint density at radius 3 is 2.82 bits per heavy atom. The number of hydrogen-bond donors (Lipinski definition) is 2. The van der Waals surface area contributed by atoms with Gasteiger partial charge in [0, 0.05) is 54.9 Å². The molecule has 4 unspecified atom stereocenters. The minimum Gasteiger partial charge on any atom is -0.489 e. The third kappa shape index (κ3) is 5.30. The third-order valence-corrected chi connectivity index (χ3v) is 7.84. The van der Waals surface area contributed by atoms with Crippen molar-refractivity contribution in [3.05, 3.63) is 22.7 Å². The summed E-state index contributed by atoms with van der Waals surface area (Å²) in [7, 11) is 1.81. The van der Waals surface area contributed by atoms with Crippen LogP contribution >= 0.6 is 11.6 Å². The highest BCUT2D eigenvalue weighted by atomic mass is 35.5. The lowest BCUT2D eigenvalue weighted by Crippen LogP contribution is -2.54. The van der Waals surface area contributed by atoms with Crippen molar-refractivity contribution in [3.63, 3.8) is 0 Å². The Balaban J connectivity index is 1.51. The van der Waals surface area contributed by atoms with Crippen molar-refractivity contribution >= 4 is 28.9 Å². The Bertz CT molecular complexity index is 939. The SMILES string of the molecule is CNc1ccc(OC2CC2)c(Cl)c1C(=N)C(C)CC(=O)N1C(CCC#N)CC2CCCC1C2. The van der Waals surface area contributed by atoms with E-state index in [9.17, 15) is 4.79 Å². The predicted octanol–water partition coefficient (Wildman–Crippen LogP) is 5.78. The number of nitriles is 1. The number of ether oxygens (including phenoxy) is 1. The largest absolute Gasteiger partial charge is 0.489 e. The molecule has 1 aromatic rings. The van der Waals surface area contributed by atoms with Gasteiger partial charge in [-0.1, -0.05) is 31.4 Å². The molecule has 4 atom stereocenters. The number of rotatable bonds is 9. The zero-order valence-corrected chi connectivity index (χ0v) is 20.5. The van der Waals surface area contributed by atoms with Gasteiger partial charge in [-0.3, -0.25) is 4.79 Å². The molecule has 2 saturated carbocycles. The molecule has 0 radical (unpaired) electrons. The van der Waals surface area contributed by atoms with Crippen molar-refractivity contribution in [2.75, 3.05) is 12.4 Å². The van der Waals surface area contributed by atoms with Gasteiger partial charge in [-0.25, -0.2) is 0 Å². The first-order chi connectivity index (χ1) is 15.9. The maximum absolute atomic E-state index is 13.6. The van der Waals surface area contributed by atoms with E-state index in [0.717, 1.165) is 44.2 Å². The summed E-state index contributed by atoms with van der Waals surface area (Å²) in [6.07, 6.45) is 9.34. The number of likely N-dealkylation sites (tertiary alicyclic amines) is 1. The van der Waals surface area contributed by atoms with Crippen LogP contribution in [0.5, 0.6) is 5.75 Å². The van der Waals surface area contributed by atoms with Crippen molar-refractivity contribution in [3.8, 4) is 11.8 Å². The number of nitrogens with one attached hydrogen (secondary N) is 2. The van der Waals surface area contributed by atoms with Crippen molar-refractivity contribution in [1.82, 2.24) is 4.90 Å². The number of amides is 1. The van der Waals surface area contributed by atoms with Crippen molar-refractivity contribution < 1.29 is 9.53 Å². The lowest BCUT2D eigenvalue weighted by Gasteiger charge is -2.48. The Morgan fingerprint density at radius 1 is 1.33 bits per heavy atom. The van der Waals surface area contributed by atoms with E-state index in [2.05, 4.69) is 16.3 Å². The van der Waals surface area contributed by atoms with Crippen LogP contribution in [0.25, 0.3) is 0 Å². The van der Waals surface area contributed by atoms with Crippen LogP contribution in [0.2, 0.25) is 5.02 Å². The van der Waals surface area contributed by atoms with Gasteiger partial charge in [-0.2, -0.15) is 5.26 Å². The van der Waals surface area contributed by atoms with Crippen molar-refractivity contribution in [2.24, 2.45) is 11.8 Å². The molecule has 33 heavy (non-hydrogen) atoms. The normalized spacial score (nSPS) is 25.2. The van der Waals surface area contributed by atoms with Gasteiger partial charge in [0.2, 0.25) is 5.91 Å². The number of piperidine rings is 1. The van der Waals surface area contributed by atoms with Gasteiger partial charge in [-0.05, 0) is 56.6 Å². The molecule has 0 aromatic heterocycles. The second-order valence-corrected chi connectivity index (χ2v) is 10.3. The topological polar surface area (TPSA) is 89.2 Å². The van der Waals surface area contributed by atoms with Crippen LogP contribution in [-0.2, 0) is 4.79 Å². The lowest BCUT2D eigenvalue weighted by molar-refractivity contribution is -0.141. The Morgan fingerprint density at radius 2 is 2.12 bits per heavy atom. The fourth-order valence-corrected chi connectivity index (χ4v) is 5.93. The molecule has 1 aromatic carbocycles.